The molecule has 0 aliphatic rings. The van der Waals surface area contributed by atoms with Gasteiger partial charge in [-0.05, 0) is 46.5 Å². The minimum atomic E-state index is -0.397. The largest absolute Gasteiger partial charge is 0.331 e. The van der Waals surface area contributed by atoms with Gasteiger partial charge in [-0.15, -0.1) is 0 Å². The molecule has 4 nitrogen and oxygen atoms in total. The Morgan fingerprint density at radius 1 is 1.10 bits per heavy atom. The van der Waals surface area contributed by atoms with Crippen LogP contribution < -0.4 is 11.2 Å². The van der Waals surface area contributed by atoms with Gasteiger partial charge in [0.25, 0.3) is 5.56 Å². The second-order valence-electron chi connectivity index (χ2n) is 4.49. The Labute approximate surface area is 124 Å². The van der Waals surface area contributed by atoms with E-state index in [0.29, 0.717) is 10.2 Å². The minimum absolute atomic E-state index is 0.294. The summed E-state index contributed by atoms with van der Waals surface area (Å²) in [7, 11) is 3.03. The number of rotatable bonds is 0. The van der Waals surface area contributed by atoms with Crippen molar-refractivity contribution in [2.75, 3.05) is 0 Å². The van der Waals surface area contributed by atoms with E-state index in [4.69, 9.17) is 0 Å². The highest BCUT2D eigenvalue weighted by molar-refractivity contribution is 9.10. The lowest BCUT2D eigenvalue weighted by atomic mass is 10.1. The van der Waals surface area contributed by atoms with Crippen LogP contribution in [0.25, 0.3) is 0 Å². The molecule has 0 radical (unpaired) electrons. The molecule has 0 N–H and O–H groups in total. The Bertz CT molecular complexity index is 814. The molecule has 102 valence electrons. The van der Waals surface area contributed by atoms with Crippen molar-refractivity contribution in [2.24, 2.45) is 14.1 Å². The normalized spacial score (nSPS) is 10.0. The second kappa shape index (κ2) is 5.51. The van der Waals surface area contributed by atoms with E-state index in [-0.39, 0.29) is 5.56 Å². The molecule has 0 bridgehead atoms. The molecule has 1 heterocycles. The molecule has 1 aromatic heterocycles. The van der Waals surface area contributed by atoms with Crippen molar-refractivity contribution in [1.82, 2.24) is 9.13 Å². The standard InChI is InChI=1S/C15H13BrN2O2/c1-10-5-4-6-11(9-10)7-8-12-13(16)14(19)18(3)15(20)17(12)2/h4-6,9H,1-3H3. The van der Waals surface area contributed by atoms with Gasteiger partial charge in [0.15, 0.2) is 0 Å². The van der Waals surface area contributed by atoms with E-state index in [0.717, 1.165) is 15.7 Å². The SMILES string of the molecule is Cc1cccc(C#Cc2c(Br)c(=O)n(C)c(=O)n2C)c1. The summed E-state index contributed by atoms with van der Waals surface area (Å²) in [5.74, 6) is 5.86. The Morgan fingerprint density at radius 2 is 1.80 bits per heavy atom. The minimum Gasteiger partial charge on any atom is -0.288 e. The lowest BCUT2D eigenvalue weighted by Gasteiger charge is -2.06. The van der Waals surface area contributed by atoms with Crippen molar-refractivity contribution < 1.29 is 0 Å². The van der Waals surface area contributed by atoms with E-state index in [1.165, 1.54) is 11.6 Å². The highest BCUT2D eigenvalue weighted by Crippen LogP contribution is 2.08. The average Bonchev–Trinajstić information content (AvgIpc) is 2.43. The third-order valence-electron chi connectivity index (χ3n) is 2.95. The summed E-state index contributed by atoms with van der Waals surface area (Å²) in [6.45, 7) is 1.98. The van der Waals surface area contributed by atoms with Crippen LogP contribution in [0.3, 0.4) is 0 Å². The van der Waals surface area contributed by atoms with Gasteiger partial charge in [-0.3, -0.25) is 13.9 Å². The zero-order chi connectivity index (χ0) is 14.9. The number of benzene rings is 1. The number of hydrogen-bond donors (Lipinski definition) is 0. The van der Waals surface area contributed by atoms with E-state index in [2.05, 4.69) is 27.8 Å². The van der Waals surface area contributed by atoms with Crippen molar-refractivity contribution in [1.29, 1.82) is 0 Å². The van der Waals surface area contributed by atoms with Crippen LogP contribution in [0.4, 0.5) is 0 Å². The predicted octanol–water partition coefficient (Wildman–Crippen LogP) is 1.55. The number of halogens is 1. The fraction of sp³-hybridized carbons (Fsp3) is 0.200. The van der Waals surface area contributed by atoms with Gasteiger partial charge in [-0.2, -0.15) is 0 Å². The predicted molar refractivity (Wildman–Crippen MR) is 81.8 cm³/mol. The lowest BCUT2D eigenvalue weighted by Crippen LogP contribution is -2.38. The first-order valence-corrected chi connectivity index (χ1v) is 6.75. The zero-order valence-corrected chi connectivity index (χ0v) is 13.0. The molecule has 0 saturated heterocycles. The van der Waals surface area contributed by atoms with Crippen molar-refractivity contribution in [2.45, 2.75) is 6.92 Å². The van der Waals surface area contributed by atoms with Gasteiger partial charge in [0, 0.05) is 19.7 Å². The van der Waals surface area contributed by atoms with Gasteiger partial charge in [-0.25, -0.2) is 4.79 Å². The first-order valence-electron chi connectivity index (χ1n) is 5.96. The summed E-state index contributed by atoms with van der Waals surface area (Å²) in [4.78, 5) is 23.7. The first kappa shape index (κ1) is 14.4. The summed E-state index contributed by atoms with van der Waals surface area (Å²) >= 11 is 3.21. The van der Waals surface area contributed by atoms with Crippen LogP contribution in [0, 0.1) is 18.8 Å². The highest BCUT2D eigenvalue weighted by atomic mass is 79.9. The summed E-state index contributed by atoms with van der Waals surface area (Å²) in [6.07, 6.45) is 0. The van der Waals surface area contributed by atoms with Crippen LogP contribution in [0.5, 0.6) is 0 Å². The van der Waals surface area contributed by atoms with Crippen LogP contribution in [-0.4, -0.2) is 9.13 Å². The van der Waals surface area contributed by atoms with E-state index in [1.54, 1.807) is 7.05 Å². The third-order valence-corrected chi connectivity index (χ3v) is 3.67. The molecular formula is C15H13BrN2O2. The van der Waals surface area contributed by atoms with Crippen molar-refractivity contribution in [3.8, 4) is 11.8 Å². The van der Waals surface area contributed by atoms with Crippen LogP contribution in [0.15, 0.2) is 38.3 Å². The fourth-order valence-corrected chi connectivity index (χ4v) is 2.43. The Kier molecular flexibility index (Phi) is 3.96. The van der Waals surface area contributed by atoms with E-state index in [9.17, 15) is 9.59 Å². The molecule has 0 atom stereocenters. The molecule has 0 aliphatic heterocycles. The van der Waals surface area contributed by atoms with Crippen molar-refractivity contribution in [3.05, 3.63) is 66.4 Å². The summed E-state index contributed by atoms with van der Waals surface area (Å²) in [5.41, 5.74) is 1.53. The van der Waals surface area contributed by atoms with Gasteiger partial charge in [0.05, 0.1) is 0 Å². The van der Waals surface area contributed by atoms with Gasteiger partial charge in [0.2, 0.25) is 0 Å². The van der Waals surface area contributed by atoms with Gasteiger partial charge in [-0.1, -0.05) is 18.1 Å². The first-order chi connectivity index (χ1) is 9.41. The average molecular weight is 333 g/mol. The molecule has 20 heavy (non-hydrogen) atoms. The smallest absolute Gasteiger partial charge is 0.288 e. The highest BCUT2D eigenvalue weighted by Gasteiger charge is 2.11. The van der Waals surface area contributed by atoms with Crippen LogP contribution in [0.1, 0.15) is 16.8 Å². The number of hydrogen-bond acceptors (Lipinski definition) is 2. The quantitative estimate of drug-likeness (QED) is 0.687. The molecule has 2 aromatic rings. The molecule has 0 fully saturated rings. The number of nitrogens with zero attached hydrogens (tertiary/aromatic N) is 2. The van der Waals surface area contributed by atoms with Gasteiger partial charge >= 0.3 is 5.69 Å². The lowest BCUT2D eigenvalue weighted by molar-refractivity contribution is 0.673. The number of aryl methyl sites for hydroxylation is 1. The van der Waals surface area contributed by atoms with E-state index in [1.807, 2.05) is 31.2 Å². The van der Waals surface area contributed by atoms with E-state index < -0.39 is 5.69 Å². The Hall–Kier alpha value is -2.06. The van der Waals surface area contributed by atoms with E-state index >= 15 is 0 Å². The molecule has 0 aliphatic carbocycles. The Morgan fingerprint density at radius 3 is 2.45 bits per heavy atom. The second-order valence-corrected chi connectivity index (χ2v) is 5.28. The topological polar surface area (TPSA) is 44.0 Å². The molecule has 0 amide bonds. The maximum absolute atomic E-state index is 11.9. The summed E-state index contributed by atoms with van der Waals surface area (Å²) in [6, 6.07) is 7.72. The molecule has 5 heteroatoms. The van der Waals surface area contributed by atoms with Gasteiger partial charge < -0.3 is 0 Å². The third kappa shape index (κ3) is 2.61. The fourth-order valence-electron chi connectivity index (χ4n) is 1.80. The van der Waals surface area contributed by atoms with Gasteiger partial charge in [0.1, 0.15) is 10.2 Å². The van der Waals surface area contributed by atoms with Crippen molar-refractivity contribution in [3.63, 3.8) is 0 Å². The molecule has 0 spiro atoms. The molecular weight excluding hydrogens is 320 g/mol. The summed E-state index contributed by atoms with van der Waals surface area (Å²) in [5, 5.41) is 0. The maximum Gasteiger partial charge on any atom is 0.331 e. The van der Waals surface area contributed by atoms with Crippen LogP contribution in [-0.2, 0) is 14.1 Å². The zero-order valence-electron chi connectivity index (χ0n) is 11.4. The van der Waals surface area contributed by atoms with Crippen LogP contribution in [0.2, 0.25) is 0 Å². The van der Waals surface area contributed by atoms with Crippen molar-refractivity contribution >= 4 is 15.9 Å². The molecule has 0 unspecified atom stereocenters. The Balaban J connectivity index is 2.62. The monoisotopic (exact) mass is 332 g/mol. The maximum atomic E-state index is 11.9. The molecule has 2 rings (SSSR count). The molecule has 0 saturated carbocycles. The summed E-state index contributed by atoms with van der Waals surface area (Å²) < 4.78 is 2.69. The number of aromatic nitrogens is 2. The van der Waals surface area contributed by atoms with Crippen LogP contribution >= 0.6 is 15.9 Å². The molecule has 1 aromatic carbocycles.